The van der Waals surface area contributed by atoms with Crippen LogP contribution in [0.15, 0.2) is 60.7 Å². The molecule has 146 valence electrons. The van der Waals surface area contributed by atoms with Crippen LogP contribution in [0, 0.1) is 0 Å². The molecule has 2 aromatic carbocycles. The minimum Gasteiger partial charge on any atom is -0.461 e. The molecule has 0 aliphatic carbocycles. The minimum absolute atomic E-state index is 0.0307. The van der Waals surface area contributed by atoms with Gasteiger partial charge in [0.05, 0.1) is 14.1 Å². The Morgan fingerprint density at radius 1 is 0.929 bits per heavy atom. The van der Waals surface area contributed by atoms with E-state index in [2.05, 4.69) is 14.1 Å². The number of morpholine rings is 1. The van der Waals surface area contributed by atoms with E-state index in [9.17, 15) is 4.79 Å². The number of epoxide rings is 1. The van der Waals surface area contributed by atoms with Crippen molar-refractivity contribution in [3.8, 4) is 0 Å². The molecule has 4 heteroatoms. The van der Waals surface area contributed by atoms with E-state index in [4.69, 9.17) is 9.47 Å². The van der Waals surface area contributed by atoms with Gasteiger partial charge in [-0.25, -0.2) is 0 Å². The molecule has 3 aliphatic rings. The number of likely N-dealkylation sites (N-methyl/N-ethyl adjacent to an activating group) is 1. The van der Waals surface area contributed by atoms with Crippen LogP contribution in [-0.2, 0) is 19.7 Å². The first kappa shape index (κ1) is 17.9. The number of carbonyl (C=O) groups is 1. The summed E-state index contributed by atoms with van der Waals surface area (Å²) in [6.07, 6.45) is 2.46. The van der Waals surface area contributed by atoms with Gasteiger partial charge in [0.15, 0.2) is 0 Å². The van der Waals surface area contributed by atoms with Gasteiger partial charge >= 0.3 is 5.97 Å². The molecule has 5 rings (SSSR count). The van der Waals surface area contributed by atoms with Crippen LogP contribution in [0.1, 0.15) is 30.9 Å². The van der Waals surface area contributed by atoms with Gasteiger partial charge in [-0.2, -0.15) is 0 Å². The number of esters is 1. The predicted octanol–water partition coefficient (Wildman–Crippen LogP) is 3.29. The Hall–Kier alpha value is -2.17. The van der Waals surface area contributed by atoms with Gasteiger partial charge < -0.3 is 14.0 Å². The summed E-state index contributed by atoms with van der Waals surface area (Å²) >= 11 is 0. The highest BCUT2D eigenvalue weighted by Gasteiger charge is 2.70. The zero-order chi connectivity index (χ0) is 19.5. The van der Waals surface area contributed by atoms with Gasteiger partial charge in [0, 0.05) is 12.8 Å². The molecule has 4 nitrogen and oxygen atoms in total. The monoisotopic (exact) mass is 378 g/mol. The molecule has 0 amide bonds. The molecule has 3 fully saturated rings. The second-order valence-corrected chi connectivity index (χ2v) is 9.18. The first-order valence-electron chi connectivity index (χ1n) is 10.2. The lowest BCUT2D eigenvalue weighted by atomic mass is 9.76. The van der Waals surface area contributed by atoms with Crippen LogP contribution >= 0.6 is 0 Å². The van der Waals surface area contributed by atoms with Crippen LogP contribution in [0.3, 0.4) is 0 Å². The maximum Gasteiger partial charge on any atom is 0.321 e. The Balaban J connectivity index is 1.42. The summed E-state index contributed by atoms with van der Waals surface area (Å²) in [5, 5.41) is 0. The Morgan fingerprint density at radius 3 is 1.86 bits per heavy atom. The average molecular weight is 378 g/mol. The van der Waals surface area contributed by atoms with Crippen LogP contribution in [0.4, 0.5) is 0 Å². The quantitative estimate of drug-likeness (QED) is 0.466. The van der Waals surface area contributed by atoms with Crippen LogP contribution in [-0.4, -0.2) is 54.9 Å². The topological polar surface area (TPSA) is 38.8 Å². The van der Waals surface area contributed by atoms with Gasteiger partial charge in [0.2, 0.25) is 0 Å². The van der Waals surface area contributed by atoms with Crippen LogP contribution in [0.2, 0.25) is 0 Å². The van der Waals surface area contributed by atoms with Gasteiger partial charge in [0.1, 0.15) is 35.8 Å². The van der Waals surface area contributed by atoms with Crippen LogP contribution in [0.25, 0.3) is 0 Å². The van der Waals surface area contributed by atoms with E-state index >= 15 is 0 Å². The number of ether oxygens (including phenoxy) is 2. The standard InChI is InChI=1S/C24H28NO3/c1-24(16-10-6-4-7-11-16,17-12-8-5-9-13-17)23(26)27-18-14-19-21-22(28-21)20(15-18)25(19,2)3/h4-13,18-22H,14-15H2,1-3H3/q+1. The lowest BCUT2D eigenvalue weighted by molar-refractivity contribution is -0.938. The molecule has 0 spiro atoms. The lowest BCUT2D eigenvalue weighted by Gasteiger charge is -2.45. The van der Waals surface area contributed by atoms with E-state index in [-0.39, 0.29) is 12.1 Å². The van der Waals surface area contributed by atoms with Gasteiger partial charge in [-0.15, -0.1) is 0 Å². The molecular formula is C24H28NO3+. The molecule has 3 aliphatic heterocycles. The van der Waals surface area contributed by atoms with Crippen molar-refractivity contribution < 1.29 is 18.8 Å². The third kappa shape index (κ3) is 2.55. The molecule has 3 saturated heterocycles. The van der Waals surface area contributed by atoms with Crippen LogP contribution in [0.5, 0.6) is 0 Å². The van der Waals surface area contributed by atoms with Crippen molar-refractivity contribution in [1.29, 1.82) is 0 Å². The molecule has 0 aromatic heterocycles. The first-order chi connectivity index (χ1) is 13.4. The number of hydrogen-bond donors (Lipinski definition) is 0. The van der Waals surface area contributed by atoms with E-state index in [0.29, 0.717) is 24.3 Å². The number of piperidine rings is 1. The van der Waals surface area contributed by atoms with E-state index < -0.39 is 5.41 Å². The molecule has 28 heavy (non-hydrogen) atoms. The Morgan fingerprint density at radius 2 is 1.39 bits per heavy atom. The number of quaternary nitrogens is 1. The summed E-state index contributed by atoms with van der Waals surface area (Å²) < 4.78 is 13.1. The number of benzene rings is 2. The Labute approximate surface area is 166 Å². The fourth-order valence-electron chi connectivity index (χ4n) is 5.52. The normalized spacial score (nSPS) is 32.5. The summed E-state index contributed by atoms with van der Waals surface area (Å²) in [4.78, 5) is 13.6. The van der Waals surface area contributed by atoms with E-state index in [0.717, 1.165) is 28.5 Å². The Bertz CT molecular complexity index is 820. The summed E-state index contributed by atoms with van der Waals surface area (Å²) in [6.45, 7) is 1.98. The van der Waals surface area contributed by atoms with Crippen molar-refractivity contribution in [3.05, 3.63) is 71.8 Å². The number of hydrogen-bond acceptors (Lipinski definition) is 3. The highest BCUT2D eigenvalue weighted by molar-refractivity contribution is 5.87. The molecule has 0 saturated carbocycles. The fraction of sp³-hybridized carbons (Fsp3) is 0.458. The lowest BCUT2D eigenvalue weighted by Crippen LogP contribution is -2.60. The molecule has 3 heterocycles. The predicted molar refractivity (Wildman–Crippen MR) is 107 cm³/mol. The fourth-order valence-corrected chi connectivity index (χ4v) is 5.52. The second-order valence-electron chi connectivity index (χ2n) is 9.18. The summed E-state index contributed by atoms with van der Waals surface area (Å²) in [5.74, 6) is -0.156. The summed E-state index contributed by atoms with van der Waals surface area (Å²) in [6, 6.07) is 20.8. The molecule has 2 bridgehead atoms. The zero-order valence-corrected chi connectivity index (χ0v) is 16.7. The number of rotatable bonds is 4. The third-order valence-corrected chi connectivity index (χ3v) is 7.42. The highest BCUT2D eigenvalue weighted by atomic mass is 16.6. The summed E-state index contributed by atoms with van der Waals surface area (Å²) in [5.41, 5.74) is 1.11. The molecular weight excluding hydrogens is 350 g/mol. The van der Waals surface area contributed by atoms with E-state index in [1.165, 1.54) is 0 Å². The number of fused-ring (bicyclic) bond motifs is 5. The highest BCUT2D eigenvalue weighted by Crippen LogP contribution is 2.52. The van der Waals surface area contributed by atoms with Crippen molar-refractivity contribution in [1.82, 2.24) is 0 Å². The SMILES string of the molecule is CC(C(=O)OC1CC2C3OC3C(C1)[N+]2(C)C)(c1ccccc1)c1ccccc1. The molecule has 0 N–H and O–H groups in total. The minimum atomic E-state index is -0.817. The smallest absolute Gasteiger partial charge is 0.321 e. The third-order valence-electron chi connectivity index (χ3n) is 7.42. The zero-order valence-electron chi connectivity index (χ0n) is 16.7. The summed E-state index contributed by atoms with van der Waals surface area (Å²) in [7, 11) is 4.59. The van der Waals surface area contributed by atoms with Crippen molar-refractivity contribution >= 4 is 5.97 Å². The van der Waals surface area contributed by atoms with Gasteiger partial charge in [0.25, 0.3) is 0 Å². The second kappa shape index (κ2) is 6.16. The molecule has 2 aromatic rings. The Kier molecular flexibility index (Phi) is 3.94. The maximum atomic E-state index is 13.6. The number of carbonyl (C=O) groups excluding carboxylic acids is 1. The van der Waals surface area contributed by atoms with Crippen molar-refractivity contribution in [2.24, 2.45) is 0 Å². The van der Waals surface area contributed by atoms with Gasteiger partial charge in [-0.05, 0) is 18.1 Å². The first-order valence-corrected chi connectivity index (χ1v) is 10.2. The largest absolute Gasteiger partial charge is 0.461 e. The molecule has 0 radical (unpaired) electrons. The van der Waals surface area contributed by atoms with Crippen molar-refractivity contribution in [3.63, 3.8) is 0 Å². The van der Waals surface area contributed by atoms with E-state index in [1.807, 2.05) is 67.6 Å². The van der Waals surface area contributed by atoms with Gasteiger partial charge in [-0.3, -0.25) is 4.79 Å². The molecule has 4 unspecified atom stereocenters. The average Bonchev–Trinajstić information content (AvgIpc) is 3.47. The molecule has 4 atom stereocenters. The van der Waals surface area contributed by atoms with Crippen LogP contribution < -0.4 is 0 Å². The number of nitrogens with zero attached hydrogens (tertiary/aromatic N) is 1. The van der Waals surface area contributed by atoms with Gasteiger partial charge in [-0.1, -0.05) is 60.7 Å². The van der Waals surface area contributed by atoms with E-state index in [1.54, 1.807) is 0 Å². The van der Waals surface area contributed by atoms with Crippen molar-refractivity contribution in [2.45, 2.75) is 55.6 Å². The van der Waals surface area contributed by atoms with Crippen molar-refractivity contribution in [2.75, 3.05) is 14.1 Å². The maximum absolute atomic E-state index is 13.6.